The number of fused-ring (bicyclic) bond motifs is 1. The van der Waals surface area contributed by atoms with E-state index in [1.54, 1.807) is 6.92 Å². The van der Waals surface area contributed by atoms with Gasteiger partial charge < -0.3 is 15.5 Å². The van der Waals surface area contributed by atoms with Gasteiger partial charge in [0.2, 0.25) is 5.91 Å². The zero-order valence-corrected chi connectivity index (χ0v) is 14.5. The average molecular weight is 359 g/mol. The molecule has 7 nitrogen and oxygen atoms in total. The summed E-state index contributed by atoms with van der Waals surface area (Å²) in [5.74, 6) is -1.05. The van der Waals surface area contributed by atoms with Gasteiger partial charge in [-0.1, -0.05) is 11.8 Å². The highest BCUT2D eigenvalue weighted by Crippen LogP contribution is 2.53. The van der Waals surface area contributed by atoms with Crippen LogP contribution in [0.25, 0.3) is 0 Å². The fourth-order valence-electron chi connectivity index (χ4n) is 3.05. The van der Waals surface area contributed by atoms with Crippen LogP contribution in [0.3, 0.4) is 0 Å². The first-order chi connectivity index (χ1) is 11.0. The lowest BCUT2D eigenvalue weighted by molar-refractivity contribution is -0.156. The van der Waals surface area contributed by atoms with E-state index in [4.69, 9.17) is 0 Å². The first-order valence-electron chi connectivity index (χ1n) is 7.72. The average Bonchev–Trinajstić information content (AvgIpc) is 2.82. The highest BCUT2D eigenvalue weighted by molar-refractivity contribution is 8.22. The lowest BCUT2D eigenvalue weighted by Gasteiger charge is -2.43. The minimum absolute atomic E-state index is 0.0900. The summed E-state index contributed by atoms with van der Waals surface area (Å²) in [7, 11) is 0. The molecule has 3 aliphatic heterocycles. The Morgan fingerprint density at radius 1 is 1.48 bits per heavy atom. The van der Waals surface area contributed by atoms with Crippen molar-refractivity contribution in [1.82, 2.24) is 15.1 Å². The highest BCUT2D eigenvalue weighted by Gasteiger charge is 2.57. The van der Waals surface area contributed by atoms with Gasteiger partial charge in [-0.05, 0) is 6.92 Å². The van der Waals surface area contributed by atoms with E-state index in [1.807, 2.05) is 0 Å². The number of amides is 1. The molecule has 0 aromatic rings. The molecular weight excluding hydrogens is 338 g/mol. The summed E-state index contributed by atoms with van der Waals surface area (Å²) in [6, 6.07) is 0. The van der Waals surface area contributed by atoms with Crippen LogP contribution in [0.5, 0.6) is 0 Å². The molecule has 2 fully saturated rings. The van der Waals surface area contributed by atoms with Gasteiger partial charge in [0.05, 0.1) is 16.3 Å². The molecule has 1 unspecified atom stereocenters. The Labute approximate surface area is 143 Å². The van der Waals surface area contributed by atoms with E-state index in [0.29, 0.717) is 4.24 Å². The molecule has 0 saturated carbocycles. The van der Waals surface area contributed by atoms with Crippen molar-refractivity contribution in [2.24, 2.45) is 5.92 Å². The normalized spacial score (nSPS) is 29.5. The van der Waals surface area contributed by atoms with Crippen LogP contribution >= 0.6 is 23.5 Å². The lowest BCUT2D eigenvalue weighted by Crippen LogP contribution is -2.60. The molecule has 3 atom stereocenters. The fraction of sp³-hybridized carbons (Fsp3) is 0.714. The summed E-state index contributed by atoms with van der Waals surface area (Å²) in [5.41, 5.74) is 0.0900. The highest BCUT2D eigenvalue weighted by atomic mass is 32.2. The maximum atomic E-state index is 12.1. The quantitative estimate of drug-likeness (QED) is 0.561. The van der Waals surface area contributed by atoms with E-state index < -0.39 is 18.0 Å². The first-order valence-corrected chi connectivity index (χ1v) is 9.58. The zero-order chi connectivity index (χ0) is 16.6. The largest absolute Gasteiger partial charge is 0.477 e. The van der Waals surface area contributed by atoms with E-state index in [0.717, 1.165) is 38.5 Å². The molecule has 0 aromatic heterocycles. The minimum atomic E-state index is -1.07. The van der Waals surface area contributed by atoms with E-state index >= 15 is 0 Å². The number of hydrogen-bond acceptors (Lipinski definition) is 7. The Morgan fingerprint density at radius 3 is 2.78 bits per heavy atom. The molecule has 0 radical (unpaired) electrons. The van der Waals surface area contributed by atoms with Gasteiger partial charge in [0.25, 0.3) is 0 Å². The molecule has 3 heterocycles. The van der Waals surface area contributed by atoms with Crippen LogP contribution < -0.4 is 5.32 Å². The molecule has 3 rings (SSSR count). The summed E-state index contributed by atoms with van der Waals surface area (Å²) in [6.07, 6.45) is -0.753. The third-order valence-corrected chi connectivity index (χ3v) is 6.96. The van der Waals surface area contributed by atoms with Crippen LogP contribution in [-0.2, 0) is 9.59 Å². The van der Waals surface area contributed by atoms with Gasteiger partial charge in [-0.2, -0.15) is 0 Å². The van der Waals surface area contributed by atoms with Gasteiger partial charge in [0, 0.05) is 38.5 Å². The summed E-state index contributed by atoms with van der Waals surface area (Å²) >= 11 is 2.90. The molecule has 0 bridgehead atoms. The number of carbonyl (C=O) groups is 2. The van der Waals surface area contributed by atoms with Crippen molar-refractivity contribution in [3.05, 3.63) is 9.93 Å². The van der Waals surface area contributed by atoms with Crippen LogP contribution in [0.1, 0.15) is 6.92 Å². The van der Waals surface area contributed by atoms with Crippen molar-refractivity contribution < 1.29 is 19.8 Å². The Bertz CT molecular complexity index is 534. The van der Waals surface area contributed by atoms with Gasteiger partial charge in [0.1, 0.15) is 5.37 Å². The number of carboxylic acid groups (broad SMARTS) is 1. The minimum Gasteiger partial charge on any atom is -0.477 e. The maximum Gasteiger partial charge on any atom is 0.354 e. The standard InChI is InChI=1S/C14H21N3O4S2/c1-8(18)9-11(19)17-10(13(20)21)14(23-12(9)17)22-7-6-16-4-2-15-3-5-16/h8-9,12,15,18H,2-7H2,1H3,(H,20,21)/t8?,9-,12+/m0/s1. The topological polar surface area (TPSA) is 93.1 Å². The number of thioether (sulfide) groups is 2. The molecule has 0 aromatic carbocycles. The van der Waals surface area contributed by atoms with Crippen LogP contribution in [0.15, 0.2) is 9.93 Å². The third kappa shape index (κ3) is 3.25. The third-order valence-electron chi connectivity index (χ3n) is 4.32. The molecule has 3 N–H and O–H groups in total. The van der Waals surface area contributed by atoms with Gasteiger partial charge in [-0.3, -0.25) is 14.6 Å². The number of β-lactam (4-membered cyclic amide) rings is 1. The Balaban J connectivity index is 1.61. The van der Waals surface area contributed by atoms with Gasteiger partial charge in [0.15, 0.2) is 5.70 Å². The molecule has 3 aliphatic rings. The molecule has 0 aliphatic carbocycles. The monoisotopic (exact) mass is 359 g/mol. The summed E-state index contributed by atoms with van der Waals surface area (Å²) in [6.45, 7) is 6.48. The molecular formula is C14H21N3O4S2. The Hall–Kier alpha value is -0.740. The summed E-state index contributed by atoms with van der Waals surface area (Å²) in [5, 5.41) is 22.2. The molecule has 0 spiro atoms. The molecule has 2 saturated heterocycles. The van der Waals surface area contributed by atoms with Crippen molar-refractivity contribution in [3.63, 3.8) is 0 Å². The zero-order valence-electron chi connectivity index (χ0n) is 12.9. The summed E-state index contributed by atoms with van der Waals surface area (Å²) < 4.78 is 0.689. The predicted octanol–water partition coefficient (Wildman–Crippen LogP) is -0.209. The number of hydrogen-bond donors (Lipinski definition) is 3. The number of nitrogens with zero attached hydrogens (tertiary/aromatic N) is 2. The maximum absolute atomic E-state index is 12.1. The molecule has 9 heteroatoms. The number of rotatable bonds is 6. The number of aliphatic hydroxyl groups is 1. The van der Waals surface area contributed by atoms with Crippen molar-refractivity contribution >= 4 is 35.4 Å². The number of carbonyl (C=O) groups excluding carboxylic acids is 1. The fourth-order valence-corrected chi connectivity index (χ4v) is 6.05. The second kappa shape index (κ2) is 7.02. The smallest absolute Gasteiger partial charge is 0.354 e. The molecule has 23 heavy (non-hydrogen) atoms. The van der Waals surface area contributed by atoms with Crippen molar-refractivity contribution in [1.29, 1.82) is 0 Å². The van der Waals surface area contributed by atoms with Crippen LogP contribution in [0.4, 0.5) is 0 Å². The van der Waals surface area contributed by atoms with Crippen LogP contribution in [-0.4, -0.2) is 81.8 Å². The predicted molar refractivity (Wildman–Crippen MR) is 89.8 cm³/mol. The second-order valence-corrected chi connectivity index (χ2v) is 8.35. The SMILES string of the molecule is CC(O)[C@H]1C(=O)N2C(C(=O)O)=C(SCCN3CCNCC3)S[C@H]12. The van der Waals surface area contributed by atoms with Gasteiger partial charge in [-0.15, -0.1) is 11.8 Å². The molecule has 1 amide bonds. The Morgan fingerprint density at radius 2 is 2.17 bits per heavy atom. The second-order valence-electron chi connectivity index (χ2n) is 5.86. The van der Waals surface area contributed by atoms with Crippen LogP contribution in [0, 0.1) is 5.92 Å². The van der Waals surface area contributed by atoms with Gasteiger partial charge in [-0.25, -0.2) is 4.79 Å². The number of aliphatic hydroxyl groups excluding tert-OH is 1. The van der Waals surface area contributed by atoms with E-state index in [9.17, 15) is 19.8 Å². The molecule has 128 valence electrons. The number of piperazine rings is 1. The van der Waals surface area contributed by atoms with Crippen molar-refractivity contribution in [3.8, 4) is 0 Å². The van der Waals surface area contributed by atoms with Crippen molar-refractivity contribution in [2.75, 3.05) is 38.5 Å². The first kappa shape index (κ1) is 17.1. The van der Waals surface area contributed by atoms with E-state index in [2.05, 4.69) is 10.2 Å². The van der Waals surface area contributed by atoms with E-state index in [-0.39, 0.29) is 17.0 Å². The van der Waals surface area contributed by atoms with E-state index in [1.165, 1.54) is 28.4 Å². The van der Waals surface area contributed by atoms with Crippen LogP contribution in [0.2, 0.25) is 0 Å². The summed E-state index contributed by atoms with van der Waals surface area (Å²) in [4.78, 5) is 27.3. The number of nitrogens with one attached hydrogen (secondary N) is 1. The van der Waals surface area contributed by atoms with Gasteiger partial charge >= 0.3 is 5.97 Å². The Kier molecular flexibility index (Phi) is 5.22. The number of aliphatic carboxylic acids is 1. The lowest BCUT2D eigenvalue weighted by atomic mass is 9.92. The van der Waals surface area contributed by atoms with Crippen molar-refractivity contribution in [2.45, 2.75) is 18.4 Å². The number of carboxylic acids is 1.